The molecule has 0 unspecified atom stereocenters. The van der Waals surface area contributed by atoms with Crippen LogP contribution in [0.2, 0.25) is 0 Å². The second-order valence-corrected chi connectivity index (χ2v) is 3.67. The molecule has 0 atom stereocenters. The Labute approximate surface area is 105 Å². The van der Waals surface area contributed by atoms with Crippen LogP contribution in [0.3, 0.4) is 0 Å². The SMILES string of the molecule is CC(C)O.CCOCCO.Cc1ccccc1. The molecule has 0 spiro atoms. The van der Waals surface area contributed by atoms with E-state index < -0.39 is 0 Å². The molecule has 0 saturated carbocycles. The summed E-state index contributed by atoms with van der Waals surface area (Å²) in [5, 5.41) is 16.1. The fourth-order valence-electron chi connectivity index (χ4n) is 0.743. The first kappa shape index (κ1) is 18.5. The molecule has 3 heteroatoms. The molecule has 0 amide bonds. The maximum Gasteiger partial charge on any atom is 0.0697 e. The number of aliphatic hydroxyl groups excluding tert-OH is 2. The predicted molar refractivity (Wildman–Crippen MR) is 72.1 cm³/mol. The van der Waals surface area contributed by atoms with E-state index in [4.69, 9.17) is 14.9 Å². The van der Waals surface area contributed by atoms with Gasteiger partial charge in [0.05, 0.1) is 13.2 Å². The van der Waals surface area contributed by atoms with Gasteiger partial charge in [-0.1, -0.05) is 35.9 Å². The highest BCUT2D eigenvalue weighted by Gasteiger charge is 1.74. The third-order valence-electron chi connectivity index (χ3n) is 1.38. The van der Waals surface area contributed by atoms with Gasteiger partial charge in [0.2, 0.25) is 0 Å². The molecular formula is C14H26O3. The molecule has 0 aromatic heterocycles. The quantitative estimate of drug-likeness (QED) is 0.800. The summed E-state index contributed by atoms with van der Waals surface area (Å²) in [4.78, 5) is 0. The highest BCUT2D eigenvalue weighted by Crippen LogP contribution is 1.92. The normalized spacial score (nSPS) is 8.88. The summed E-state index contributed by atoms with van der Waals surface area (Å²) < 4.78 is 4.73. The molecule has 100 valence electrons. The molecule has 0 radical (unpaired) electrons. The number of hydrogen-bond donors (Lipinski definition) is 2. The number of hydrogen-bond acceptors (Lipinski definition) is 3. The molecule has 0 saturated heterocycles. The summed E-state index contributed by atoms with van der Waals surface area (Å²) >= 11 is 0. The molecule has 1 aromatic carbocycles. The van der Waals surface area contributed by atoms with Crippen LogP contribution in [0, 0.1) is 6.92 Å². The van der Waals surface area contributed by atoms with Crippen molar-refractivity contribution >= 4 is 0 Å². The number of benzene rings is 1. The van der Waals surface area contributed by atoms with Crippen molar-refractivity contribution in [2.75, 3.05) is 19.8 Å². The van der Waals surface area contributed by atoms with Crippen LogP contribution in [0.25, 0.3) is 0 Å². The molecule has 2 N–H and O–H groups in total. The van der Waals surface area contributed by atoms with Gasteiger partial charge in [0.15, 0.2) is 0 Å². The van der Waals surface area contributed by atoms with Gasteiger partial charge in [-0.2, -0.15) is 0 Å². The zero-order chi connectivity index (χ0) is 13.5. The first-order chi connectivity index (χ1) is 8.04. The van der Waals surface area contributed by atoms with Crippen molar-refractivity contribution in [1.82, 2.24) is 0 Å². The van der Waals surface area contributed by atoms with Crippen molar-refractivity contribution in [3.05, 3.63) is 35.9 Å². The number of aliphatic hydroxyl groups is 2. The van der Waals surface area contributed by atoms with Crippen LogP contribution in [0.5, 0.6) is 0 Å². The summed E-state index contributed by atoms with van der Waals surface area (Å²) in [5.41, 5.74) is 1.32. The zero-order valence-electron chi connectivity index (χ0n) is 11.4. The second kappa shape index (κ2) is 15.1. The van der Waals surface area contributed by atoms with Gasteiger partial charge < -0.3 is 14.9 Å². The van der Waals surface area contributed by atoms with Gasteiger partial charge in [0, 0.05) is 12.7 Å². The van der Waals surface area contributed by atoms with Crippen molar-refractivity contribution in [3.63, 3.8) is 0 Å². The zero-order valence-corrected chi connectivity index (χ0v) is 11.4. The van der Waals surface area contributed by atoms with Crippen LogP contribution >= 0.6 is 0 Å². The molecule has 17 heavy (non-hydrogen) atoms. The van der Waals surface area contributed by atoms with Gasteiger partial charge in [-0.15, -0.1) is 0 Å². The van der Waals surface area contributed by atoms with Gasteiger partial charge in [-0.05, 0) is 27.7 Å². The van der Waals surface area contributed by atoms with Crippen LogP contribution in [0.1, 0.15) is 26.3 Å². The van der Waals surface area contributed by atoms with Crippen molar-refractivity contribution in [3.8, 4) is 0 Å². The van der Waals surface area contributed by atoms with Crippen molar-refractivity contribution < 1.29 is 14.9 Å². The van der Waals surface area contributed by atoms with Gasteiger partial charge >= 0.3 is 0 Å². The molecule has 0 heterocycles. The average molecular weight is 242 g/mol. The van der Waals surface area contributed by atoms with Crippen molar-refractivity contribution in [2.45, 2.75) is 33.8 Å². The molecule has 0 aliphatic carbocycles. The first-order valence-electron chi connectivity index (χ1n) is 5.92. The minimum atomic E-state index is -0.167. The van der Waals surface area contributed by atoms with Crippen LogP contribution in [-0.2, 0) is 4.74 Å². The third-order valence-corrected chi connectivity index (χ3v) is 1.38. The van der Waals surface area contributed by atoms with Gasteiger partial charge in [0.25, 0.3) is 0 Å². The summed E-state index contributed by atoms with van der Waals surface area (Å²) in [5.74, 6) is 0. The number of ether oxygens (including phenoxy) is 1. The lowest BCUT2D eigenvalue weighted by molar-refractivity contribution is 0.102. The van der Waals surface area contributed by atoms with E-state index in [1.807, 2.05) is 25.1 Å². The minimum absolute atomic E-state index is 0.133. The lowest BCUT2D eigenvalue weighted by Gasteiger charge is -1.91. The summed E-state index contributed by atoms with van der Waals surface area (Å²) in [6, 6.07) is 10.3. The average Bonchev–Trinajstić information content (AvgIpc) is 2.27. The van der Waals surface area contributed by atoms with Gasteiger partial charge in [-0.3, -0.25) is 0 Å². The Bertz CT molecular complexity index is 215. The van der Waals surface area contributed by atoms with E-state index in [9.17, 15) is 0 Å². The van der Waals surface area contributed by atoms with Crippen LogP contribution in [0.4, 0.5) is 0 Å². The van der Waals surface area contributed by atoms with E-state index in [0.717, 1.165) is 0 Å². The molecular weight excluding hydrogens is 216 g/mol. The Balaban J connectivity index is 0. The molecule has 0 bridgehead atoms. The Morgan fingerprint density at radius 1 is 1.18 bits per heavy atom. The monoisotopic (exact) mass is 242 g/mol. The highest BCUT2D eigenvalue weighted by atomic mass is 16.5. The third kappa shape index (κ3) is 25.4. The summed E-state index contributed by atoms with van der Waals surface area (Å²) in [6.07, 6.45) is -0.167. The second-order valence-electron chi connectivity index (χ2n) is 3.67. The first-order valence-corrected chi connectivity index (χ1v) is 5.92. The minimum Gasteiger partial charge on any atom is -0.394 e. The Hall–Kier alpha value is -0.900. The van der Waals surface area contributed by atoms with Crippen molar-refractivity contribution in [1.29, 1.82) is 0 Å². The van der Waals surface area contributed by atoms with Gasteiger partial charge in [0.1, 0.15) is 0 Å². The van der Waals surface area contributed by atoms with E-state index in [1.165, 1.54) is 5.56 Å². The van der Waals surface area contributed by atoms with Crippen LogP contribution < -0.4 is 0 Å². The highest BCUT2D eigenvalue weighted by molar-refractivity contribution is 5.11. The Kier molecular flexibility index (Phi) is 16.4. The lowest BCUT2D eigenvalue weighted by atomic mass is 10.2. The molecule has 1 aromatic rings. The number of rotatable bonds is 3. The maximum absolute atomic E-state index is 8.07. The topological polar surface area (TPSA) is 49.7 Å². The Morgan fingerprint density at radius 3 is 1.82 bits per heavy atom. The molecule has 0 aliphatic rings. The maximum atomic E-state index is 8.07. The van der Waals surface area contributed by atoms with E-state index in [0.29, 0.717) is 13.2 Å². The largest absolute Gasteiger partial charge is 0.394 e. The summed E-state index contributed by atoms with van der Waals surface area (Å²) in [7, 11) is 0. The molecule has 0 aliphatic heterocycles. The number of aryl methyl sites for hydroxylation is 1. The molecule has 3 nitrogen and oxygen atoms in total. The molecule has 1 rings (SSSR count). The fourth-order valence-corrected chi connectivity index (χ4v) is 0.743. The van der Waals surface area contributed by atoms with Crippen molar-refractivity contribution in [2.24, 2.45) is 0 Å². The predicted octanol–water partition coefficient (Wildman–Crippen LogP) is 2.40. The lowest BCUT2D eigenvalue weighted by Crippen LogP contribution is -1.96. The van der Waals surface area contributed by atoms with E-state index in [2.05, 4.69) is 19.1 Å². The Morgan fingerprint density at radius 2 is 1.65 bits per heavy atom. The van der Waals surface area contributed by atoms with Gasteiger partial charge in [-0.25, -0.2) is 0 Å². The van der Waals surface area contributed by atoms with E-state index in [1.54, 1.807) is 13.8 Å². The standard InChI is InChI=1S/C7H8.C4H10O2.C3H8O/c1-7-5-3-2-4-6-7;1-2-6-4-3-5;1-3(2)4/h2-6H,1H3;5H,2-4H2,1H3;3-4H,1-2H3. The van der Waals surface area contributed by atoms with E-state index >= 15 is 0 Å². The summed E-state index contributed by atoms with van der Waals surface area (Å²) in [6.45, 7) is 8.72. The fraction of sp³-hybridized carbons (Fsp3) is 0.571. The van der Waals surface area contributed by atoms with Crippen LogP contribution in [0.15, 0.2) is 30.3 Å². The molecule has 0 fully saturated rings. The van der Waals surface area contributed by atoms with E-state index in [-0.39, 0.29) is 12.7 Å². The smallest absolute Gasteiger partial charge is 0.0697 e. The van der Waals surface area contributed by atoms with Crippen LogP contribution in [-0.4, -0.2) is 36.1 Å².